The average molecular weight is 364 g/mol. The number of carbonyl (C=O) groups is 2. The summed E-state index contributed by atoms with van der Waals surface area (Å²) in [6.07, 6.45) is -1.04. The van der Waals surface area contributed by atoms with Crippen molar-refractivity contribution in [1.82, 2.24) is 0 Å². The van der Waals surface area contributed by atoms with E-state index in [2.05, 4.69) is 5.32 Å². The molecule has 0 saturated carbocycles. The molecule has 2 aromatic carbocycles. The highest BCUT2D eigenvalue weighted by molar-refractivity contribution is 6.33. The fraction of sp³-hybridized carbons (Fsp3) is 0.222. The van der Waals surface area contributed by atoms with Crippen LogP contribution in [0.15, 0.2) is 42.5 Å². The van der Waals surface area contributed by atoms with Gasteiger partial charge in [-0.1, -0.05) is 29.8 Å². The number of benzene rings is 2. The zero-order valence-electron chi connectivity index (χ0n) is 14.0. The molecular weight excluding hydrogens is 346 g/mol. The summed E-state index contributed by atoms with van der Waals surface area (Å²) >= 11 is 6.00. The first-order chi connectivity index (χ1) is 12.0. The highest BCUT2D eigenvalue weighted by Crippen LogP contribution is 2.29. The van der Waals surface area contributed by atoms with Crippen LogP contribution in [0.4, 0.5) is 5.69 Å². The Hall–Kier alpha value is -2.73. The smallest absolute Gasteiger partial charge is 0.346 e. The molecule has 0 bridgehead atoms. The standard InChI is InChI=1S/C18H18ClNO5/c1-11(17(21)20-13-8-5-4-7-12(13)19)25-18(22)16-14(23-2)9-6-10-15(16)24-3/h4-11H,1-3H3,(H,20,21)/t11-/m1/s1. The molecule has 0 fully saturated rings. The molecule has 0 saturated heterocycles. The molecule has 1 amide bonds. The van der Waals surface area contributed by atoms with Crippen LogP contribution in [0.3, 0.4) is 0 Å². The summed E-state index contributed by atoms with van der Waals surface area (Å²) in [5.74, 6) is -0.641. The van der Waals surface area contributed by atoms with Gasteiger partial charge < -0.3 is 19.5 Å². The van der Waals surface area contributed by atoms with E-state index in [1.54, 1.807) is 42.5 Å². The van der Waals surface area contributed by atoms with Gasteiger partial charge in [0.2, 0.25) is 0 Å². The fourth-order valence-corrected chi connectivity index (χ4v) is 2.31. The Labute approximate surface area is 150 Å². The van der Waals surface area contributed by atoms with Crippen molar-refractivity contribution in [2.45, 2.75) is 13.0 Å². The third kappa shape index (κ3) is 4.42. The van der Waals surface area contributed by atoms with Gasteiger partial charge in [0.25, 0.3) is 5.91 Å². The number of methoxy groups -OCH3 is 2. The van der Waals surface area contributed by atoms with Crippen molar-refractivity contribution in [1.29, 1.82) is 0 Å². The molecule has 132 valence electrons. The van der Waals surface area contributed by atoms with E-state index in [1.807, 2.05) is 0 Å². The van der Waals surface area contributed by atoms with Gasteiger partial charge in [-0.15, -0.1) is 0 Å². The van der Waals surface area contributed by atoms with E-state index < -0.39 is 18.0 Å². The van der Waals surface area contributed by atoms with E-state index >= 15 is 0 Å². The summed E-state index contributed by atoms with van der Waals surface area (Å²) in [6.45, 7) is 1.46. The van der Waals surface area contributed by atoms with Gasteiger partial charge >= 0.3 is 5.97 Å². The molecule has 2 aromatic rings. The molecule has 0 radical (unpaired) electrons. The highest BCUT2D eigenvalue weighted by Gasteiger charge is 2.25. The quantitative estimate of drug-likeness (QED) is 0.794. The minimum Gasteiger partial charge on any atom is -0.496 e. The van der Waals surface area contributed by atoms with Crippen LogP contribution in [0.25, 0.3) is 0 Å². The molecule has 25 heavy (non-hydrogen) atoms. The number of hydrogen-bond donors (Lipinski definition) is 1. The van der Waals surface area contributed by atoms with E-state index in [9.17, 15) is 9.59 Å². The van der Waals surface area contributed by atoms with E-state index in [1.165, 1.54) is 21.1 Å². The summed E-state index contributed by atoms with van der Waals surface area (Å²) in [5, 5.41) is 3.00. The lowest BCUT2D eigenvalue weighted by atomic mass is 10.1. The molecule has 0 aliphatic carbocycles. The van der Waals surface area contributed by atoms with E-state index in [-0.39, 0.29) is 5.56 Å². The molecular formula is C18H18ClNO5. The van der Waals surface area contributed by atoms with Gasteiger partial charge in [-0.3, -0.25) is 4.79 Å². The minimum atomic E-state index is -1.04. The number of halogens is 1. The summed E-state index contributed by atoms with van der Waals surface area (Å²) < 4.78 is 15.6. The van der Waals surface area contributed by atoms with Gasteiger partial charge in [0, 0.05) is 0 Å². The van der Waals surface area contributed by atoms with E-state index in [4.69, 9.17) is 25.8 Å². The maximum atomic E-state index is 12.5. The number of anilines is 1. The Kier molecular flexibility index (Phi) is 6.25. The second-order valence-electron chi connectivity index (χ2n) is 5.05. The van der Waals surface area contributed by atoms with Crippen molar-refractivity contribution < 1.29 is 23.8 Å². The Bertz CT molecular complexity index is 756. The number of hydrogen-bond acceptors (Lipinski definition) is 5. The molecule has 2 rings (SSSR count). The molecule has 1 atom stereocenters. The van der Waals surface area contributed by atoms with Gasteiger partial charge in [0.05, 0.1) is 24.9 Å². The lowest BCUT2D eigenvalue weighted by Gasteiger charge is -2.16. The maximum Gasteiger partial charge on any atom is 0.346 e. The predicted octanol–water partition coefficient (Wildman–Crippen LogP) is 3.54. The van der Waals surface area contributed by atoms with Crippen LogP contribution in [0, 0.1) is 0 Å². The van der Waals surface area contributed by atoms with E-state index in [0.717, 1.165) is 0 Å². The first kappa shape index (κ1) is 18.6. The van der Waals surface area contributed by atoms with Crippen LogP contribution in [-0.4, -0.2) is 32.2 Å². The monoisotopic (exact) mass is 363 g/mol. The first-order valence-corrected chi connectivity index (χ1v) is 7.83. The van der Waals surface area contributed by atoms with Crippen LogP contribution in [0.5, 0.6) is 11.5 Å². The molecule has 0 aliphatic rings. The van der Waals surface area contributed by atoms with Crippen molar-refractivity contribution in [2.24, 2.45) is 0 Å². The van der Waals surface area contributed by atoms with E-state index in [0.29, 0.717) is 22.2 Å². The average Bonchev–Trinajstić information content (AvgIpc) is 2.62. The molecule has 0 aromatic heterocycles. The number of amides is 1. The zero-order valence-corrected chi connectivity index (χ0v) is 14.8. The molecule has 6 nitrogen and oxygen atoms in total. The summed E-state index contributed by atoms with van der Waals surface area (Å²) in [6, 6.07) is 11.7. The lowest BCUT2D eigenvalue weighted by Crippen LogP contribution is -2.30. The Morgan fingerprint density at radius 1 is 1.00 bits per heavy atom. The number of rotatable bonds is 6. The van der Waals surface area contributed by atoms with Gasteiger partial charge in [0.15, 0.2) is 6.10 Å². The van der Waals surface area contributed by atoms with Crippen LogP contribution in [-0.2, 0) is 9.53 Å². The largest absolute Gasteiger partial charge is 0.496 e. The van der Waals surface area contributed by atoms with Crippen molar-refractivity contribution in [2.75, 3.05) is 19.5 Å². The third-order valence-corrected chi connectivity index (χ3v) is 3.75. The second-order valence-corrected chi connectivity index (χ2v) is 5.46. The predicted molar refractivity (Wildman–Crippen MR) is 94.5 cm³/mol. The van der Waals surface area contributed by atoms with Crippen molar-refractivity contribution in [3.63, 3.8) is 0 Å². The van der Waals surface area contributed by atoms with Crippen molar-refractivity contribution in [3.8, 4) is 11.5 Å². The normalized spacial score (nSPS) is 11.4. The molecule has 1 N–H and O–H groups in total. The minimum absolute atomic E-state index is 0.116. The maximum absolute atomic E-state index is 12.5. The summed E-state index contributed by atoms with van der Waals surface area (Å²) in [4.78, 5) is 24.7. The van der Waals surface area contributed by atoms with Crippen LogP contribution < -0.4 is 14.8 Å². The lowest BCUT2D eigenvalue weighted by molar-refractivity contribution is -0.123. The van der Waals surface area contributed by atoms with Gasteiger partial charge in [-0.2, -0.15) is 0 Å². The molecule has 0 aliphatic heterocycles. The SMILES string of the molecule is COc1cccc(OC)c1C(=O)O[C@H](C)C(=O)Nc1ccccc1Cl. The number of nitrogens with one attached hydrogen (secondary N) is 1. The number of carbonyl (C=O) groups excluding carboxylic acids is 2. The molecule has 0 unspecified atom stereocenters. The second kappa shape index (κ2) is 8.39. The third-order valence-electron chi connectivity index (χ3n) is 3.42. The molecule has 0 heterocycles. The fourth-order valence-electron chi connectivity index (χ4n) is 2.12. The van der Waals surface area contributed by atoms with Crippen molar-refractivity contribution in [3.05, 3.63) is 53.1 Å². The summed E-state index contributed by atoms with van der Waals surface area (Å²) in [5.41, 5.74) is 0.553. The highest BCUT2D eigenvalue weighted by atomic mass is 35.5. The van der Waals surface area contributed by atoms with Gasteiger partial charge in [-0.25, -0.2) is 4.79 Å². The van der Waals surface area contributed by atoms with Crippen LogP contribution in [0.1, 0.15) is 17.3 Å². The topological polar surface area (TPSA) is 73.9 Å². The molecule has 7 heteroatoms. The zero-order chi connectivity index (χ0) is 18.4. The van der Waals surface area contributed by atoms with Gasteiger partial charge in [0.1, 0.15) is 17.1 Å². The van der Waals surface area contributed by atoms with Gasteiger partial charge in [-0.05, 0) is 31.2 Å². The first-order valence-electron chi connectivity index (χ1n) is 7.45. The summed E-state index contributed by atoms with van der Waals surface area (Å²) in [7, 11) is 2.86. The molecule has 0 spiro atoms. The van der Waals surface area contributed by atoms with Crippen LogP contribution >= 0.6 is 11.6 Å². The Morgan fingerprint density at radius 2 is 1.60 bits per heavy atom. The Morgan fingerprint density at radius 3 is 2.16 bits per heavy atom. The van der Waals surface area contributed by atoms with Crippen LogP contribution in [0.2, 0.25) is 5.02 Å². The number of ether oxygens (including phenoxy) is 3. The number of esters is 1. The van der Waals surface area contributed by atoms with Crippen molar-refractivity contribution >= 4 is 29.2 Å². The number of para-hydroxylation sites is 1. The Balaban J connectivity index is 2.12.